The lowest BCUT2D eigenvalue weighted by molar-refractivity contribution is -0.134. The number of hydrogen-bond acceptors (Lipinski definition) is 6. The van der Waals surface area contributed by atoms with E-state index >= 15 is 0 Å². The Morgan fingerprint density at radius 1 is 1.31 bits per heavy atom. The van der Waals surface area contributed by atoms with Crippen molar-refractivity contribution in [3.05, 3.63) is 59.3 Å². The number of nitrogens with two attached hydrogens (primary N) is 2. The Balaban J connectivity index is 0.00000176. The summed E-state index contributed by atoms with van der Waals surface area (Å²) in [5.74, 6) is 0.555. The third-order valence-electron chi connectivity index (χ3n) is 5.98. The lowest BCUT2D eigenvalue weighted by atomic mass is 9.83. The molecule has 1 fully saturated rings. The minimum absolute atomic E-state index is 0.0411. The number of para-hydroxylation sites is 1. The zero-order valence-corrected chi connectivity index (χ0v) is 18.9. The van der Waals surface area contributed by atoms with Gasteiger partial charge < -0.3 is 36.7 Å². The molecule has 1 saturated heterocycles. The van der Waals surface area contributed by atoms with Crippen LogP contribution in [0, 0.1) is 6.92 Å². The Labute approximate surface area is 188 Å². The monoisotopic (exact) mass is 442 g/mol. The van der Waals surface area contributed by atoms with Crippen molar-refractivity contribution in [2.75, 3.05) is 19.5 Å². The highest BCUT2D eigenvalue weighted by Crippen LogP contribution is 2.39. The van der Waals surface area contributed by atoms with Crippen molar-refractivity contribution in [3.8, 4) is 5.75 Å². The number of anilines is 1. The molecule has 1 aliphatic heterocycles. The molecule has 1 amide bonds. The normalized spacial score (nSPS) is 21.0. The second kappa shape index (κ2) is 10.9. The predicted molar refractivity (Wildman–Crippen MR) is 128 cm³/mol. The fourth-order valence-electron chi connectivity index (χ4n) is 4.52. The first-order valence-corrected chi connectivity index (χ1v) is 10.5. The maximum atomic E-state index is 12.2. The van der Waals surface area contributed by atoms with Crippen molar-refractivity contribution in [2.45, 2.75) is 44.7 Å². The van der Waals surface area contributed by atoms with Gasteiger partial charge in [0.1, 0.15) is 11.6 Å². The summed E-state index contributed by atoms with van der Waals surface area (Å²) in [4.78, 5) is 17.2. The third-order valence-corrected chi connectivity index (χ3v) is 5.98. The highest BCUT2D eigenvalue weighted by Gasteiger charge is 2.37. The first kappa shape index (κ1) is 25.0. The number of benzene rings is 1. The fraction of sp³-hybridized carbons (Fsp3) is 0.375. The number of carbonyl (C=O) groups excluding carboxylic acids is 1. The topological polar surface area (TPSA) is 149 Å². The van der Waals surface area contributed by atoms with E-state index in [4.69, 9.17) is 16.6 Å². The molecule has 1 aromatic heterocycles. The van der Waals surface area contributed by atoms with Gasteiger partial charge in [0, 0.05) is 41.6 Å². The van der Waals surface area contributed by atoms with E-state index in [0.717, 1.165) is 30.4 Å². The number of aromatic hydroxyl groups is 1. The summed E-state index contributed by atoms with van der Waals surface area (Å²) in [5.41, 5.74) is 16.2. The van der Waals surface area contributed by atoms with Crippen LogP contribution in [0.15, 0.2) is 36.9 Å². The summed E-state index contributed by atoms with van der Waals surface area (Å²) in [7, 11) is 1.00. The maximum absolute atomic E-state index is 12.2. The van der Waals surface area contributed by atoms with Crippen LogP contribution in [0.1, 0.15) is 48.1 Å². The Bertz CT molecular complexity index is 982. The molecular formula is C24H34N4O4. The van der Waals surface area contributed by atoms with E-state index in [1.165, 1.54) is 6.08 Å². The number of aliphatic hydroxyl groups excluding tert-OH is 2. The van der Waals surface area contributed by atoms with Crippen molar-refractivity contribution in [1.29, 1.82) is 0 Å². The molecule has 174 valence electrons. The number of aromatic amines is 1. The summed E-state index contributed by atoms with van der Waals surface area (Å²) >= 11 is 0. The number of nitrogen functional groups attached to an aromatic ring is 1. The number of aromatic nitrogens is 1. The number of likely N-dealkylation sites (tertiary alicyclic amines) is 1. The van der Waals surface area contributed by atoms with E-state index in [-0.39, 0.29) is 36.3 Å². The first-order chi connectivity index (χ1) is 15.3. The van der Waals surface area contributed by atoms with Crippen molar-refractivity contribution in [1.82, 2.24) is 9.88 Å². The van der Waals surface area contributed by atoms with Crippen LogP contribution in [0.4, 0.5) is 5.82 Å². The molecule has 3 rings (SSSR count). The number of piperidine rings is 1. The molecule has 0 aliphatic carbocycles. The molecule has 0 bridgehead atoms. The van der Waals surface area contributed by atoms with Gasteiger partial charge in [-0.1, -0.05) is 18.7 Å². The summed E-state index contributed by atoms with van der Waals surface area (Å²) < 4.78 is 0. The quantitative estimate of drug-likeness (QED) is 0.391. The van der Waals surface area contributed by atoms with Gasteiger partial charge in [0.2, 0.25) is 5.91 Å². The Morgan fingerprint density at radius 2 is 1.97 bits per heavy atom. The van der Waals surface area contributed by atoms with E-state index in [2.05, 4.69) is 11.6 Å². The average Bonchev–Trinajstić information content (AvgIpc) is 3.07. The number of nitrogens with one attached hydrogen (secondary N) is 1. The van der Waals surface area contributed by atoms with Gasteiger partial charge in [0.25, 0.3) is 0 Å². The van der Waals surface area contributed by atoms with E-state index in [9.17, 15) is 15.0 Å². The molecule has 0 radical (unpaired) electrons. The van der Waals surface area contributed by atoms with Crippen LogP contribution in [0.2, 0.25) is 0 Å². The number of phenolic OH excluding ortho intramolecular Hbond substituents is 1. The van der Waals surface area contributed by atoms with Gasteiger partial charge in [-0.3, -0.25) is 4.79 Å². The predicted octanol–water partition coefficient (Wildman–Crippen LogP) is 2.32. The van der Waals surface area contributed by atoms with Gasteiger partial charge >= 0.3 is 0 Å². The Hall–Kier alpha value is -3.23. The van der Waals surface area contributed by atoms with Gasteiger partial charge in [0.05, 0.1) is 12.6 Å². The molecule has 1 aliphatic rings. The van der Waals surface area contributed by atoms with Crippen LogP contribution in [-0.4, -0.2) is 56.9 Å². The lowest BCUT2D eigenvalue weighted by Crippen LogP contribution is -2.51. The highest BCUT2D eigenvalue weighted by atomic mass is 16.3. The summed E-state index contributed by atoms with van der Waals surface area (Å²) in [6, 6.07) is 6.56. The van der Waals surface area contributed by atoms with Gasteiger partial charge in [0.15, 0.2) is 0 Å². The van der Waals surface area contributed by atoms with Crippen molar-refractivity contribution in [3.63, 3.8) is 0 Å². The molecule has 3 atom stereocenters. The standard InChI is InChI=1S/C23H30N4O3.CH4O/c1-4-21(30)27-13(2)9-15(10-16(27)12-28)22-14(3)18(23(25)26-22)11-19(24)17-7-5-6-8-20(17)29;1-2/h4-8,11,13,15-16,26,28-29H,1,9-10,12,24-25H2,2-3H3;2H,1H3/b19-11-;. The molecule has 8 N–H and O–H groups in total. The van der Waals surface area contributed by atoms with Crippen molar-refractivity contribution >= 4 is 23.5 Å². The van der Waals surface area contributed by atoms with E-state index < -0.39 is 0 Å². The summed E-state index contributed by atoms with van der Waals surface area (Å²) in [5, 5.41) is 26.9. The van der Waals surface area contributed by atoms with Gasteiger partial charge in [-0.05, 0) is 56.5 Å². The molecule has 8 nitrogen and oxygen atoms in total. The van der Waals surface area contributed by atoms with Crippen LogP contribution in [0.5, 0.6) is 5.75 Å². The molecule has 0 spiro atoms. The van der Waals surface area contributed by atoms with Crippen molar-refractivity contribution in [2.24, 2.45) is 5.73 Å². The van der Waals surface area contributed by atoms with Crippen LogP contribution in [0.25, 0.3) is 11.8 Å². The number of phenols is 1. The number of carbonyl (C=O) groups is 1. The second-order valence-electron chi connectivity index (χ2n) is 7.91. The van der Waals surface area contributed by atoms with Crippen LogP contribution >= 0.6 is 0 Å². The summed E-state index contributed by atoms with van der Waals surface area (Å²) in [6.07, 6.45) is 4.43. The Kier molecular flexibility index (Phi) is 8.51. The number of rotatable bonds is 5. The molecular weight excluding hydrogens is 408 g/mol. The molecule has 2 heterocycles. The second-order valence-corrected chi connectivity index (χ2v) is 7.91. The highest BCUT2D eigenvalue weighted by molar-refractivity contribution is 5.88. The van der Waals surface area contributed by atoms with Gasteiger partial charge in [-0.25, -0.2) is 0 Å². The summed E-state index contributed by atoms with van der Waals surface area (Å²) in [6.45, 7) is 7.42. The number of aliphatic hydroxyl groups is 2. The molecule has 2 aromatic rings. The molecule has 8 heteroatoms. The van der Waals surface area contributed by atoms with Crippen LogP contribution < -0.4 is 11.5 Å². The Morgan fingerprint density at radius 3 is 2.56 bits per heavy atom. The van der Waals surface area contributed by atoms with Gasteiger partial charge in [-0.2, -0.15) is 0 Å². The zero-order valence-electron chi connectivity index (χ0n) is 18.9. The van der Waals surface area contributed by atoms with E-state index in [0.29, 0.717) is 23.5 Å². The van der Waals surface area contributed by atoms with E-state index in [1.54, 1.807) is 29.2 Å². The SMILES string of the molecule is C=CC(=O)N1C(C)CC(c2[nH]c(N)c(/C=C(\N)c3ccccc3O)c2C)CC1CO.CO. The van der Waals surface area contributed by atoms with Crippen LogP contribution in [0.3, 0.4) is 0 Å². The van der Waals surface area contributed by atoms with E-state index in [1.807, 2.05) is 19.9 Å². The average molecular weight is 443 g/mol. The maximum Gasteiger partial charge on any atom is 0.246 e. The molecule has 1 aromatic carbocycles. The van der Waals surface area contributed by atoms with Crippen LogP contribution in [-0.2, 0) is 4.79 Å². The van der Waals surface area contributed by atoms with Gasteiger partial charge in [-0.15, -0.1) is 0 Å². The number of nitrogens with zero attached hydrogens (tertiary/aromatic N) is 1. The first-order valence-electron chi connectivity index (χ1n) is 10.5. The largest absolute Gasteiger partial charge is 0.507 e. The van der Waals surface area contributed by atoms with Crippen molar-refractivity contribution < 1.29 is 20.1 Å². The number of amides is 1. The lowest BCUT2D eigenvalue weighted by Gasteiger charge is -2.43. The minimum atomic E-state index is -0.279. The fourth-order valence-corrected chi connectivity index (χ4v) is 4.52. The number of H-pyrrole nitrogens is 1. The smallest absolute Gasteiger partial charge is 0.246 e. The molecule has 3 unspecified atom stereocenters. The molecule has 0 saturated carbocycles. The minimum Gasteiger partial charge on any atom is -0.507 e. The third kappa shape index (κ3) is 4.98. The number of hydrogen-bond donors (Lipinski definition) is 6. The zero-order chi connectivity index (χ0) is 24.0. The molecule has 32 heavy (non-hydrogen) atoms.